The highest BCUT2D eigenvalue weighted by Gasteiger charge is 2.64. The van der Waals surface area contributed by atoms with Gasteiger partial charge in [-0.2, -0.15) is 0 Å². The maximum atomic E-state index is 12.0. The van der Waals surface area contributed by atoms with Crippen LogP contribution < -0.4 is 5.73 Å². The van der Waals surface area contributed by atoms with Crippen molar-refractivity contribution in [2.45, 2.75) is 17.1 Å². The van der Waals surface area contributed by atoms with Gasteiger partial charge in [0.1, 0.15) is 5.03 Å². The lowest BCUT2D eigenvalue weighted by molar-refractivity contribution is -0.196. The normalized spacial score (nSPS) is 28.6. The molecule has 0 fully saturated rings. The van der Waals surface area contributed by atoms with Crippen LogP contribution in [0.5, 0.6) is 0 Å². The molecule has 90 valence electrons. The molecule has 0 amide bonds. The fraction of sp³-hybridized carbons (Fsp3) is 0.500. The molecule has 1 aliphatic carbocycles. The summed E-state index contributed by atoms with van der Waals surface area (Å²) < 4.78 is 10.4. The summed E-state index contributed by atoms with van der Waals surface area (Å²) in [5, 5.41) is -0.152. The maximum absolute atomic E-state index is 12.0. The van der Waals surface area contributed by atoms with Crippen molar-refractivity contribution < 1.29 is 14.3 Å². The third-order valence-corrected chi connectivity index (χ3v) is 3.62. The van der Waals surface area contributed by atoms with E-state index in [4.69, 9.17) is 38.4 Å². The molecule has 0 aromatic carbocycles. The van der Waals surface area contributed by atoms with Crippen LogP contribution in [0.4, 0.5) is 0 Å². The lowest BCUT2D eigenvalue weighted by Crippen LogP contribution is -2.55. The standard InChI is InChI=1S/C10H13Cl2NO3/c1-4-5-9(12)8(14)6(11)7(13)10(9,15-2)16-3/h4H,1,5,13H2,2-3H3/t9-/m1/s1. The van der Waals surface area contributed by atoms with Gasteiger partial charge in [0.2, 0.25) is 11.6 Å². The van der Waals surface area contributed by atoms with E-state index < -0.39 is 16.4 Å². The van der Waals surface area contributed by atoms with Crippen molar-refractivity contribution in [3.8, 4) is 0 Å². The summed E-state index contributed by atoms with van der Waals surface area (Å²) >= 11 is 12.1. The largest absolute Gasteiger partial charge is 0.396 e. The van der Waals surface area contributed by atoms with Crippen LogP contribution in [-0.2, 0) is 14.3 Å². The summed E-state index contributed by atoms with van der Waals surface area (Å²) in [7, 11) is 2.69. The highest BCUT2D eigenvalue weighted by molar-refractivity contribution is 6.53. The summed E-state index contributed by atoms with van der Waals surface area (Å²) in [4.78, 5) is 10.5. The van der Waals surface area contributed by atoms with Crippen LogP contribution in [0.15, 0.2) is 23.4 Å². The van der Waals surface area contributed by atoms with Gasteiger partial charge < -0.3 is 15.2 Å². The summed E-state index contributed by atoms with van der Waals surface area (Å²) in [5.41, 5.74) is 5.72. The van der Waals surface area contributed by atoms with E-state index in [1.807, 2.05) is 0 Å². The zero-order valence-corrected chi connectivity index (χ0v) is 10.6. The molecule has 4 nitrogen and oxygen atoms in total. The van der Waals surface area contributed by atoms with E-state index in [1.54, 1.807) is 0 Å². The Bertz CT molecular complexity index is 363. The first-order chi connectivity index (χ1) is 7.41. The van der Waals surface area contributed by atoms with Crippen LogP contribution in [0, 0.1) is 0 Å². The van der Waals surface area contributed by atoms with Gasteiger partial charge in [-0.3, -0.25) is 4.79 Å². The molecule has 0 spiro atoms. The maximum Gasteiger partial charge on any atom is 0.238 e. The zero-order valence-electron chi connectivity index (χ0n) is 9.05. The summed E-state index contributed by atoms with van der Waals surface area (Å²) in [6, 6.07) is 0. The Morgan fingerprint density at radius 3 is 2.38 bits per heavy atom. The minimum atomic E-state index is -1.54. The molecule has 0 bridgehead atoms. The van der Waals surface area contributed by atoms with E-state index in [0.29, 0.717) is 0 Å². The first kappa shape index (κ1) is 13.5. The van der Waals surface area contributed by atoms with Crippen LogP contribution in [-0.4, -0.2) is 30.7 Å². The second-order valence-corrected chi connectivity index (χ2v) is 4.40. The minimum Gasteiger partial charge on any atom is -0.396 e. The first-order valence-electron chi connectivity index (χ1n) is 4.52. The molecule has 0 aromatic heterocycles. The van der Waals surface area contributed by atoms with E-state index in [9.17, 15) is 4.79 Å². The highest BCUT2D eigenvalue weighted by Crippen LogP contribution is 2.49. The quantitative estimate of drug-likeness (QED) is 0.476. The number of nitrogens with two attached hydrogens (primary N) is 1. The third-order valence-electron chi connectivity index (χ3n) is 2.67. The predicted molar refractivity (Wildman–Crippen MR) is 62.2 cm³/mol. The molecule has 0 unspecified atom stereocenters. The molecule has 2 N–H and O–H groups in total. The first-order valence-corrected chi connectivity index (χ1v) is 5.27. The molecule has 1 atom stereocenters. The number of Topliss-reactive ketones (excluding diaryl/α,β-unsaturated/α-hetero) is 1. The van der Waals surface area contributed by atoms with Gasteiger partial charge in [-0.15, -0.1) is 18.2 Å². The Morgan fingerprint density at radius 1 is 1.50 bits per heavy atom. The van der Waals surface area contributed by atoms with E-state index in [0.717, 1.165) is 0 Å². The number of carbonyl (C=O) groups is 1. The Kier molecular flexibility index (Phi) is 3.69. The zero-order chi connectivity index (χ0) is 12.6. The van der Waals surface area contributed by atoms with Crippen molar-refractivity contribution in [2.24, 2.45) is 5.73 Å². The van der Waals surface area contributed by atoms with Crippen molar-refractivity contribution in [3.63, 3.8) is 0 Å². The van der Waals surface area contributed by atoms with Crippen LogP contribution in [0.2, 0.25) is 0 Å². The molecule has 0 radical (unpaired) electrons. The lowest BCUT2D eigenvalue weighted by atomic mass is 9.94. The second kappa shape index (κ2) is 4.37. The van der Waals surface area contributed by atoms with Gasteiger partial charge in [0.25, 0.3) is 0 Å². The fourth-order valence-electron chi connectivity index (χ4n) is 1.86. The molecule has 0 aromatic rings. The van der Waals surface area contributed by atoms with Crippen LogP contribution >= 0.6 is 23.2 Å². The number of hydrogen-bond acceptors (Lipinski definition) is 4. The molecule has 1 rings (SSSR count). The van der Waals surface area contributed by atoms with Gasteiger partial charge in [0, 0.05) is 14.2 Å². The molecule has 1 aliphatic rings. The number of ketones is 1. The molecule has 16 heavy (non-hydrogen) atoms. The molecule has 0 aliphatic heterocycles. The van der Waals surface area contributed by atoms with Crippen LogP contribution in [0.3, 0.4) is 0 Å². The number of alkyl halides is 1. The summed E-state index contributed by atoms with van der Waals surface area (Å²) in [6.07, 6.45) is 1.62. The van der Waals surface area contributed by atoms with Crippen molar-refractivity contribution in [1.29, 1.82) is 0 Å². The lowest BCUT2D eigenvalue weighted by Gasteiger charge is -2.38. The Balaban J connectivity index is 3.40. The van der Waals surface area contributed by atoms with E-state index in [2.05, 4.69) is 6.58 Å². The summed E-state index contributed by atoms with van der Waals surface area (Å²) in [6.45, 7) is 3.54. The summed E-state index contributed by atoms with van der Waals surface area (Å²) in [5.74, 6) is -2.06. The van der Waals surface area contributed by atoms with Gasteiger partial charge in [-0.05, 0) is 6.42 Å². The Labute approximate surface area is 104 Å². The van der Waals surface area contributed by atoms with Crippen molar-refractivity contribution in [3.05, 3.63) is 23.4 Å². The average molecular weight is 266 g/mol. The topological polar surface area (TPSA) is 61.6 Å². The average Bonchev–Trinajstić information content (AvgIpc) is 2.41. The molecule has 0 saturated carbocycles. The van der Waals surface area contributed by atoms with Crippen molar-refractivity contribution >= 4 is 29.0 Å². The van der Waals surface area contributed by atoms with Crippen LogP contribution in [0.25, 0.3) is 0 Å². The van der Waals surface area contributed by atoms with Gasteiger partial charge in [-0.1, -0.05) is 17.7 Å². The molecular weight excluding hydrogens is 253 g/mol. The van der Waals surface area contributed by atoms with Gasteiger partial charge in [0.05, 0.1) is 5.70 Å². The van der Waals surface area contributed by atoms with Gasteiger partial charge in [0.15, 0.2) is 4.87 Å². The number of halogens is 2. The highest BCUT2D eigenvalue weighted by atomic mass is 35.5. The van der Waals surface area contributed by atoms with Crippen molar-refractivity contribution in [1.82, 2.24) is 0 Å². The number of rotatable bonds is 4. The van der Waals surface area contributed by atoms with Crippen molar-refractivity contribution in [2.75, 3.05) is 14.2 Å². The van der Waals surface area contributed by atoms with Gasteiger partial charge >= 0.3 is 0 Å². The molecule has 0 heterocycles. The molecule has 0 saturated heterocycles. The van der Waals surface area contributed by atoms with Gasteiger partial charge in [-0.25, -0.2) is 0 Å². The monoisotopic (exact) mass is 265 g/mol. The Morgan fingerprint density at radius 2 is 2.00 bits per heavy atom. The SMILES string of the molecule is C=CC[C@@]1(Cl)C(=O)C(Cl)=C(N)C1(OC)OC. The number of methoxy groups -OCH3 is 2. The third kappa shape index (κ3) is 1.41. The fourth-order valence-corrected chi connectivity index (χ4v) is 2.65. The van der Waals surface area contributed by atoms with Crippen LogP contribution in [0.1, 0.15) is 6.42 Å². The number of ether oxygens (including phenoxy) is 2. The van der Waals surface area contributed by atoms with E-state index >= 15 is 0 Å². The molecule has 6 heteroatoms. The molecular formula is C10H13Cl2NO3. The second-order valence-electron chi connectivity index (χ2n) is 3.38. The number of allylic oxidation sites excluding steroid dienone is 2. The smallest absolute Gasteiger partial charge is 0.238 e. The minimum absolute atomic E-state index is 0.0129. The number of hydrogen-bond donors (Lipinski definition) is 1. The van der Waals surface area contributed by atoms with E-state index in [-0.39, 0.29) is 17.2 Å². The number of carbonyl (C=O) groups excluding carboxylic acids is 1. The van der Waals surface area contributed by atoms with E-state index in [1.165, 1.54) is 20.3 Å². The Hall–Kier alpha value is -0.550. The predicted octanol–water partition coefficient (Wildman–Crippen LogP) is 1.52.